The zero-order chi connectivity index (χ0) is 19.8. The van der Waals surface area contributed by atoms with Gasteiger partial charge in [0.05, 0.1) is 14.2 Å². The molecule has 2 rings (SSSR count). The largest absolute Gasteiger partial charge is 0.504 e. The first-order valence-corrected chi connectivity index (χ1v) is 8.11. The van der Waals surface area contributed by atoms with E-state index in [1.54, 1.807) is 36.4 Å². The van der Waals surface area contributed by atoms with Gasteiger partial charge in [0.15, 0.2) is 23.0 Å². The Morgan fingerprint density at radius 3 is 2.44 bits per heavy atom. The number of carbonyl (C=O) groups excluding carboxylic acids is 2. The van der Waals surface area contributed by atoms with Crippen molar-refractivity contribution in [3.05, 3.63) is 53.6 Å². The molecule has 7 heteroatoms. The quantitative estimate of drug-likeness (QED) is 0.441. The van der Waals surface area contributed by atoms with E-state index >= 15 is 0 Å². The summed E-state index contributed by atoms with van der Waals surface area (Å²) in [4.78, 5) is 23.1. The molecule has 0 unspecified atom stereocenters. The van der Waals surface area contributed by atoms with Gasteiger partial charge >= 0.3 is 5.97 Å². The number of amides is 1. The molecule has 0 spiro atoms. The maximum absolute atomic E-state index is 12.0. The van der Waals surface area contributed by atoms with Gasteiger partial charge in [0.1, 0.15) is 0 Å². The number of rotatable bonds is 7. The summed E-state index contributed by atoms with van der Waals surface area (Å²) in [5.41, 5.74) is 1.50. The predicted molar refractivity (Wildman–Crippen MR) is 99.8 cm³/mol. The van der Waals surface area contributed by atoms with Crippen LogP contribution in [0.2, 0.25) is 0 Å². The fraction of sp³-hybridized carbons (Fsp3) is 0.200. The third kappa shape index (κ3) is 5.78. The van der Waals surface area contributed by atoms with Gasteiger partial charge in [-0.05, 0) is 41.5 Å². The molecule has 2 aromatic carbocycles. The van der Waals surface area contributed by atoms with E-state index in [9.17, 15) is 14.7 Å². The molecule has 142 valence electrons. The smallest absolute Gasteiger partial charge is 0.308 e. The molecule has 0 aliphatic carbocycles. The van der Waals surface area contributed by atoms with Crippen LogP contribution in [0.3, 0.4) is 0 Å². The van der Waals surface area contributed by atoms with Crippen molar-refractivity contribution in [2.45, 2.75) is 13.5 Å². The van der Waals surface area contributed by atoms with E-state index in [0.29, 0.717) is 22.8 Å². The lowest BCUT2D eigenvalue weighted by atomic mass is 10.1. The zero-order valence-electron chi connectivity index (χ0n) is 15.3. The highest BCUT2D eigenvalue weighted by molar-refractivity contribution is 5.91. The first-order valence-electron chi connectivity index (χ1n) is 8.11. The van der Waals surface area contributed by atoms with Gasteiger partial charge in [-0.15, -0.1) is 0 Å². The first-order chi connectivity index (χ1) is 12.9. The summed E-state index contributed by atoms with van der Waals surface area (Å²) in [5.74, 6) is 0.361. The van der Waals surface area contributed by atoms with Gasteiger partial charge in [0.25, 0.3) is 0 Å². The number of methoxy groups -OCH3 is 2. The predicted octanol–water partition coefficient (Wildman–Crippen LogP) is 2.66. The van der Waals surface area contributed by atoms with Gasteiger partial charge in [0, 0.05) is 19.5 Å². The van der Waals surface area contributed by atoms with E-state index in [1.807, 2.05) is 0 Å². The van der Waals surface area contributed by atoms with Crippen LogP contribution in [-0.2, 0) is 16.1 Å². The number of hydrogen-bond acceptors (Lipinski definition) is 6. The van der Waals surface area contributed by atoms with Crippen LogP contribution in [0.1, 0.15) is 18.1 Å². The Balaban J connectivity index is 1.99. The first kappa shape index (κ1) is 19.8. The van der Waals surface area contributed by atoms with Crippen LogP contribution in [0, 0.1) is 0 Å². The number of esters is 1. The molecule has 0 saturated heterocycles. The second-order valence-electron chi connectivity index (χ2n) is 5.56. The third-order valence-electron chi connectivity index (χ3n) is 3.58. The molecule has 1 amide bonds. The molecule has 7 nitrogen and oxygen atoms in total. The Morgan fingerprint density at radius 1 is 1.04 bits per heavy atom. The Bertz CT molecular complexity index is 860. The van der Waals surface area contributed by atoms with E-state index in [1.165, 1.54) is 33.3 Å². The normalized spacial score (nSPS) is 10.5. The van der Waals surface area contributed by atoms with Crippen LogP contribution in [0.5, 0.6) is 23.0 Å². The Labute approximate surface area is 157 Å². The average Bonchev–Trinajstić information content (AvgIpc) is 2.66. The highest BCUT2D eigenvalue weighted by atomic mass is 16.6. The highest BCUT2D eigenvalue weighted by Crippen LogP contribution is 2.29. The molecule has 0 heterocycles. The summed E-state index contributed by atoms with van der Waals surface area (Å²) in [5, 5.41) is 12.3. The number of phenols is 1. The van der Waals surface area contributed by atoms with Crippen molar-refractivity contribution in [2.75, 3.05) is 14.2 Å². The molecular formula is C20H21NO6. The van der Waals surface area contributed by atoms with Gasteiger partial charge in [-0.1, -0.05) is 12.1 Å². The summed E-state index contributed by atoms with van der Waals surface area (Å²) in [6.45, 7) is 1.59. The Hall–Kier alpha value is -3.48. The fourth-order valence-corrected chi connectivity index (χ4v) is 2.28. The van der Waals surface area contributed by atoms with Crippen LogP contribution in [0.4, 0.5) is 0 Å². The molecule has 2 N–H and O–H groups in total. The second kappa shape index (κ2) is 9.28. The Morgan fingerprint density at radius 2 is 1.78 bits per heavy atom. The van der Waals surface area contributed by atoms with Crippen LogP contribution in [0.15, 0.2) is 42.5 Å². The third-order valence-corrected chi connectivity index (χ3v) is 3.58. The lowest BCUT2D eigenvalue weighted by molar-refractivity contribution is -0.132. The van der Waals surface area contributed by atoms with Crippen molar-refractivity contribution in [2.24, 2.45) is 0 Å². The van der Waals surface area contributed by atoms with Gasteiger partial charge in [-0.2, -0.15) is 0 Å². The van der Waals surface area contributed by atoms with E-state index in [2.05, 4.69) is 5.32 Å². The van der Waals surface area contributed by atoms with Crippen molar-refractivity contribution >= 4 is 18.0 Å². The van der Waals surface area contributed by atoms with E-state index in [-0.39, 0.29) is 18.2 Å². The average molecular weight is 371 g/mol. The molecule has 0 saturated carbocycles. The molecule has 0 atom stereocenters. The summed E-state index contributed by atoms with van der Waals surface area (Å²) >= 11 is 0. The number of benzene rings is 2. The molecule has 2 aromatic rings. The minimum atomic E-state index is -0.443. The topological polar surface area (TPSA) is 94.1 Å². The maximum atomic E-state index is 12.0. The molecule has 0 aliphatic heterocycles. The molecule has 27 heavy (non-hydrogen) atoms. The van der Waals surface area contributed by atoms with E-state index in [4.69, 9.17) is 14.2 Å². The molecule has 0 aromatic heterocycles. The van der Waals surface area contributed by atoms with Crippen molar-refractivity contribution in [1.29, 1.82) is 0 Å². The maximum Gasteiger partial charge on any atom is 0.308 e. The number of hydrogen-bond donors (Lipinski definition) is 2. The molecular weight excluding hydrogens is 350 g/mol. The summed E-state index contributed by atoms with van der Waals surface area (Å²) in [6.07, 6.45) is 3.00. The molecule has 0 aliphatic rings. The lowest BCUT2D eigenvalue weighted by Crippen LogP contribution is -2.20. The van der Waals surface area contributed by atoms with Gasteiger partial charge < -0.3 is 24.6 Å². The van der Waals surface area contributed by atoms with Gasteiger partial charge in [0.2, 0.25) is 5.91 Å². The van der Waals surface area contributed by atoms with Crippen LogP contribution in [-0.4, -0.2) is 31.2 Å². The molecule has 0 radical (unpaired) electrons. The Kier molecular flexibility index (Phi) is 6.82. The number of ether oxygens (including phenoxy) is 3. The standard InChI is InChI=1S/C20H21NO6/c1-13(22)27-17-8-5-14(10-19(17)26-3)6-9-20(24)21-12-15-4-7-16(23)18(11-15)25-2/h4-11,23H,12H2,1-3H3,(H,21,24)/b9-6+. The minimum Gasteiger partial charge on any atom is -0.504 e. The number of nitrogens with one attached hydrogen (secondary N) is 1. The van der Waals surface area contributed by atoms with Gasteiger partial charge in [-0.3, -0.25) is 9.59 Å². The SMILES string of the molecule is COc1cc(CNC(=O)/C=C/c2ccc(OC(C)=O)c(OC)c2)ccc1O. The van der Waals surface area contributed by atoms with E-state index in [0.717, 1.165) is 5.56 Å². The number of aromatic hydroxyl groups is 1. The summed E-state index contributed by atoms with van der Waals surface area (Å²) in [7, 11) is 2.93. The monoisotopic (exact) mass is 371 g/mol. The van der Waals surface area contributed by atoms with Crippen LogP contribution >= 0.6 is 0 Å². The zero-order valence-corrected chi connectivity index (χ0v) is 15.3. The fourth-order valence-electron chi connectivity index (χ4n) is 2.28. The van der Waals surface area contributed by atoms with Crippen molar-refractivity contribution in [3.63, 3.8) is 0 Å². The second-order valence-corrected chi connectivity index (χ2v) is 5.56. The van der Waals surface area contributed by atoms with Gasteiger partial charge in [-0.25, -0.2) is 0 Å². The molecule has 0 bridgehead atoms. The number of phenolic OH excluding ortho intramolecular Hbond substituents is 1. The lowest BCUT2D eigenvalue weighted by Gasteiger charge is -2.08. The van der Waals surface area contributed by atoms with E-state index < -0.39 is 5.97 Å². The van der Waals surface area contributed by atoms with Crippen LogP contribution < -0.4 is 19.5 Å². The summed E-state index contributed by atoms with van der Waals surface area (Å²) < 4.78 is 15.3. The van der Waals surface area contributed by atoms with Crippen molar-refractivity contribution in [1.82, 2.24) is 5.32 Å². The minimum absolute atomic E-state index is 0.0404. The summed E-state index contributed by atoms with van der Waals surface area (Å²) in [6, 6.07) is 9.81. The highest BCUT2D eigenvalue weighted by Gasteiger charge is 2.07. The number of carbonyl (C=O) groups is 2. The van der Waals surface area contributed by atoms with Crippen molar-refractivity contribution < 1.29 is 28.9 Å². The van der Waals surface area contributed by atoms with Crippen molar-refractivity contribution in [3.8, 4) is 23.0 Å². The van der Waals surface area contributed by atoms with Crippen LogP contribution in [0.25, 0.3) is 6.08 Å². The molecule has 0 fully saturated rings.